The molecule has 1 rings (SSSR count). The van der Waals surface area contributed by atoms with Crippen molar-refractivity contribution in [3.05, 3.63) is 35.6 Å². The molecule has 0 aliphatic rings. The van der Waals surface area contributed by atoms with Gasteiger partial charge in [-0.2, -0.15) is 5.26 Å². The van der Waals surface area contributed by atoms with Gasteiger partial charge in [0.2, 0.25) is 0 Å². The van der Waals surface area contributed by atoms with Crippen LogP contribution in [0.3, 0.4) is 0 Å². The number of carboxylic acid groups (broad SMARTS) is 2. The Bertz CT molecular complexity index is 509. The molecule has 6 heteroatoms. The Morgan fingerprint density at radius 3 is 2.39 bits per heavy atom. The molecule has 0 bridgehead atoms. The molecule has 0 saturated carbocycles. The number of rotatable bonds is 5. The van der Waals surface area contributed by atoms with Crippen molar-refractivity contribution in [1.82, 2.24) is 0 Å². The second-order valence-electron chi connectivity index (χ2n) is 3.67. The SMILES string of the molecule is N#CC(C(=O)O)C(CC(=O)O)c1ccccc1F. The van der Waals surface area contributed by atoms with Gasteiger partial charge < -0.3 is 10.2 Å². The first-order valence-electron chi connectivity index (χ1n) is 5.06. The highest BCUT2D eigenvalue weighted by Gasteiger charge is 2.32. The number of benzene rings is 1. The van der Waals surface area contributed by atoms with Gasteiger partial charge in [0.25, 0.3) is 0 Å². The number of halogens is 1. The molecule has 0 aromatic heterocycles. The topological polar surface area (TPSA) is 98.4 Å². The van der Waals surface area contributed by atoms with Crippen molar-refractivity contribution in [3.8, 4) is 6.07 Å². The van der Waals surface area contributed by atoms with E-state index in [1.807, 2.05) is 0 Å². The Kier molecular flexibility index (Phi) is 4.38. The van der Waals surface area contributed by atoms with Gasteiger partial charge in [-0.3, -0.25) is 9.59 Å². The fourth-order valence-corrected chi connectivity index (χ4v) is 1.69. The highest BCUT2D eigenvalue weighted by molar-refractivity contribution is 5.77. The average Bonchev–Trinajstić information content (AvgIpc) is 2.28. The van der Waals surface area contributed by atoms with E-state index in [1.165, 1.54) is 24.3 Å². The molecule has 0 fully saturated rings. The zero-order valence-electron chi connectivity index (χ0n) is 9.21. The van der Waals surface area contributed by atoms with Crippen molar-refractivity contribution < 1.29 is 24.2 Å². The van der Waals surface area contributed by atoms with Gasteiger partial charge in [-0.1, -0.05) is 18.2 Å². The lowest BCUT2D eigenvalue weighted by atomic mass is 9.84. The second-order valence-corrected chi connectivity index (χ2v) is 3.67. The monoisotopic (exact) mass is 251 g/mol. The van der Waals surface area contributed by atoms with Crippen molar-refractivity contribution in [3.63, 3.8) is 0 Å². The van der Waals surface area contributed by atoms with Crippen LogP contribution >= 0.6 is 0 Å². The third-order valence-electron chi connectivity index (χ3n) is 2.51. The quantitative estimate of drug-likeness (QED) is 0.828. The van der Waals surface area contributed by atoms with Crippen LogP contribution < -0.4 is 0 Å². The Morgan fingerprint density at radius 1 is 1.33 bits per heavy atom. The molecule has 0 amide bonds. The second kappa shape index (κ2) is 5.77. The molecule has 0 heterocycles. The molecule has 1 aromatic rings. The summed E-state index contributed by atoms with van der Waals surface area (Å²) in [6, 6.07) is 6.75. The Hall–Kier alpha value is -2.42. The summed E-state index contributed by atoms with van der Waals surface area (Å²) in [6.45, 7) is 0. The summed E-state index contributed by atoms with van der Waals surface area (Å²) in [5, 5.41) is 26.4. The van der Waals surface area contributed by atoms with Gasteiger partial charge in [0.15, 0.2) is 5.92 Å². The Labute approximate surface area is 102 Å². The first-order valence-corrected chi connectivity index (χ1v) is 5.06. The van der Waals surface area contributed by atoms with E-state index in [0.29, 0.717) is 0 Å². The smallest absolute Gasteiger partial charge is 0.321 e. The number of carbonyl (C=O) groups is 2. The molecule has 94 valence electrons. The number of nitrogens with zero attached hydrogens (tertiary/aromatic N) is 1. The van der Waals surface area contributed by atoms with E-state index in [1.54, 1.807) is 0 Å². The van der Waals surface area contributed by atoms with Crippen molar-refractivity contribution in [1.29, 1.82) is 5.26 Å². The molecule has 0 saturated heterocycles. The summed E-state index contributed by atoms with van der Waals surface area (Å²) in [6.07, 6.45) is -0.620. The predicted molar refractivity (Wildman–Crippen MR) is 58.1 cm³/mol. The van der Waals surface area contributed by atoms with Gasteiger partial charge in [-0.05, 0) is 11.6 Å². The van der Waals surface area contributed by atoms with E-state index in [9.17, 15) is 14.0 Å². The minimum atomic E-state index is -1.60. The predicted octanol–water partition coefficient (Wildman–Crippen LogP) is 1.61. The molecule has 0 aliphatic carbocycles. The highest BCUT2D eigenvalue weighted by atomic mass is 19.1. The number of nitriles is 1. The Balaban J connectivity index is 3.21. The third-order valence-corrected chi connectivity index (χ3v) is 2.51. The molecule has 2 atom stereocenters. The zero-order valence-corrected chi connectivity index (χ0v) is 9.21. The summed E-state index contributed by atoms with van der Waals surface area (Å²) < 4.78 is 13.6. The van der Waals surface area contributed by atoms with Crippen LogP contribution in [0.4, 0.5) is 4.39 Å². The van der Waals surface area contributed by atoms with Crippen molar-refractivity contribution in [2.24, 2.45) is 5.92 Å². The summed E-state index contributed by atoms with van der Waals surface area (Å²) in [7, 11) is 0. The first-order chi connectivity index (χ1) is 8.47. The van der Waals surface area contributed by atoms with Gasteiger partial charge >= 0.3 is 11.9 Å². The van der Waals surface area contributed by atoms with Crippen LogP contribution in [0.1, 0.15) is 17.9 Å². The maximum Gasteiger partial charge on any atom is 0.321 e. The molecular formula is C12H10FNO4. The van der Waals surface area contributed by atoms with Crippen LogP contribution in [0.5, 0.6) is 0 Å². The molecule has 18 heavy (non-hydrogen) atoms. The molecule has 0 aliphatic heterocycles. The molecule has 2 N–H and O–H groups in total. The third kappa shape index (κ3) is 3.04. The van der Waals surface area contributed by atoms with E-state index in [-0.39, 0.29) is 5.56 Å². The molecule has 2 unspecified atom stereocenters. The normalized spacial score (nSPS) is 13.3. The summed E-state index contributed by atoms with van der Waals surface area (Å²) in [5.74, 6) is -6.29. The minimum absolute atomic E-state index is 0.0751. The van der Waals surface area contributed by atoms with Crippen LogP contribution in [0, 0.1) is 23.1 Å². The maximum atomic E-state index is 13.6. The van der Waals surface area contributed by atoms with E-state index in [4.69, 9.17) is 15.5 Å². The number of hydrogen-bond acceptors (Lipinski definition) is 3. The van der Waals surface area contributed by atoms with Crippen LogP contribution in [0.25, 0.3) is 0 Å². The summed E-state index contributed by atoms with van der Waals surface area (Å²) in [4.78, 5) is 21.6. The van der Waals surface area contributed by atoms with Crippen molar-refractivity contribution in [2.45, 2.75) is 12.3 Å². The summed E-state index contributed by atoms with van der Waals surface area (Å²) in [5.41, 5.74) is -0.0751. The first kappa shape index (κ1) is 13.6. The molecule has 0 radical (unpaired) electrons. The lowest BCUT2D eigenvalue weighted by molar-refractivity contribution is -0.141. The van der Waals surface area contributed by atoms with Gasteiger partial charge in [-0.15, -0.1) is 0 Å². The number of carboxylic acids is 2. The van der Waals surface area contributed by atoms with E-state index in [2.05, 4.69) is 0 Å². The fraction of sp³-hybridized carbons (Fsp3) is 0.250. The van der Waals surface area contributed by atoms with Gasteiger partial charge in [0.1, 0.15) is 5.82 Å². The highest BCUT2D eigenvalue weighted by Crippen LogP contribution is 2.30. The molecule has 1 aromatic carbocycles. The largest absolute Gasteiger partial charge is 0.481 e. The lowest BCUT2D eigenvalue weighted by Gasteiger charge is -2.18. The lowest BCUT2D eigenvalue weighted by Crippen LogP contribution is -2.23. The standard InChI is InChI=1S/C12H10FNO4/c13-10-4-2-1-3-7(10)8(5-11(15)16)9(6-14)12(17)18/h1-4,8-9H,5H2,(H,15,16)(H,17,18). The van der Waals surface area contributed by atoms with Crippen molar-refractivity contribution in [2.75, 3.05) is 0 Å². The van der Waals surface area contributed by atoms with Crippen LogP contribution in [0.15, 0.2) is 24.3 Å². The maximum absolute atomic E-state index is 13.6. The Morgan fingerprint density at radius 2 is 1.94 bits per heavy atom. The van der Waals surface area contributed by atoms with Gasteiger partial charge in [-0.25, -0.2) is 4.39 Å². The minimum Gasteiger partial charge on any atom is -0.481 e. The van der Waals surface area contributed by atoms with Crippen LogP contribution in [0.2, 0.25) is 0 Å². The van der Waals surface area contributed by atoms with E-state index >= 15 is 0 Å². The molecule has 0 spiro atoms. The van der Waals surface area contributed by atoms with E-state index < -0.39 is 36.0 Å². The fourth-order valence-electron chi connectivity index (χ4n) is 1.69. The molecule has 5 nitrogen and oxygen atoms in total. The van der Waals surface area contributed by atoms with Crippen LogP contribution in [-0.2, 0) is 9.59 Å². The zero-order chi connectivity index (χ0) is 13.7. The summed E-state index contributed by atoms with van der Waals surface area (Å²) >= 11 is 0. The van der Waals surface area contributed by atoms with E-state index in [0.717, 1.165) is 6.07 Å². The number of hydrogen-bond donors (Lipinski definition) is 2. The van der Waals surface area contributed by atoms with Gasteiger partial charge in [0, 0.05) is 5.92 Å². The van der Waals surface area contributed by atoms with Crippen molar-refractivity contribution >= 4 is 11.9 Å². The molecular weight excluding hydrogens is 241 g/mol. The average molecular weight is 251 g/mol. The number of aliphatic carboxylic acids is 2. The van der Waals surface area contributed by atoms with Crippen LogP contribution in [-0.4, -0.2) is 22.2 Å². The van der Waals surface area contributed by atoms with Gasteiger partial charge in [0.05, 0.1) is 12.5 Å².